The molecular formula is C18H18F4N2O. The van der Waals surface area contributed by atoms with Gasteiger partial charge in [0.1, 0.15) is 12.4 Å². The van der Waals surface area contributed by atoms with Crippen LogP contribution in [0.2, 0.25) is 0 Å². The average Bonchev–Trinajstić information content (AvgIpc) is 2.55. The molecule has 1 atom stereocenters. The largest absolute Gasteiger partial charge is 0.405 e. The van der Waals surface area contributed by atoms with Gasteiger partial charge < -0.3 is 5.32 Å². The number of carbonyl (C=O) groups excluding carboxylic acids is 1. The lowest BCUT2D eigenvalue weighted by atomic mass is 9.97. The first kappa shape index (κ1) is 18.9. The molecule has 0 spiro atoms. The van der Waals surface area contributed by atoms with Crippen LogP contribution in [0.15, 0.2) is 54.6 Å². The van der Waals surface area contributed by atoms with Crippen LogP contribution in [0, 0.1) is 5.82 Å². The van der Waals surface area contributed by atoms with Crippen molar-refractivity contribution < 1.29 is 22.4 Å². The highest BCUT2D eigenvalue weighted by Gasteiger charge is 2.28. The van der Waals surface area contributed by atoms with Crippen molar-refractivity contribution in [1.82, 2.24) is 10.2 Å². The molecule has 0 aliphatic heterocycles. The number of likely N-dealkylation sites (N-methyl/N-ethyl adjacent to an activating group) is 1. The molecule has 25 heavy (non-hydrogen) atoms. The molecule has 2 aromatic carbocycles. The number of halogens is 4. The number of hydrogen-bond acceptors (Lipinski definition) is 2. The summed E-state index contributed by atoms with van der Waals surface area (Å²) in [7, 11) is 1.63. The molecule has 0 radical (unpaired) electrons. The van der Waals surface area contributed by atoms with Crippen molar-refractivity contribution >= 4 is 5.91 Å². The van der Waals surface area contributed by atoms with Gasteiger partial charge >= 0.3 is 6.18 Å². The van der Waals surface area contributed by atoms with E-state index in [2.05, 4.69) is 0 Å². The first-order chi connectivity index (χ1) is 11.8. The molecule has 0 aliphatic carbocycles. The molecule has 1 N–H and O–H groups in total. The van der Waals surface area contributed by atoms with Crippen molar-refractivity contribution in [2.24, 2.45) is 0 Å². The van der Waals surface area contributed by atoms with Crippen LogP contribution in [0.1, 0.15) is 17.2 Å². The van der Waals surface area contributed by atoms with E-state index in [1.165, 1.54) is 12.1 Å². The zero-order chi connectivity index (χ0) is 18.4. The first-order valence-electron chi connectivity index (χ1n) is 7.60. The summed E-state index contributed by atoms with van der Waals surface area (Å²) in [6.07, 6.45) is -4.45. The highest BCUT2D eigenvalue weighted by Crippen LogP contribution is 2.27. The number of carbonyl (C=O) groups is 1. The number of rotatable bonds is 6. The summed E-state index contributed by atoms with van der Waals surface area (Å²) in [5.74, 6) is -1.12. The zero-order valence-corrected chi connectivity index (χ0v) is 13.6. The lowest BCUT2D eigenvalue weighted by molar-refractivity contribution is -0.139. The van der Waals surface area contributed by atoms with E-state index in [1.54, 1.807) is 24.1 Å². The molecule has 0 saturated carbocycles. The Morgan fingerprint density at radius 3 is 2.16 bits per heavy atom. The molecule has 0 heterocycles. The Hall–Kier alpha value is -2.41. The van der Waals surface area contributed by atoms with E-state index in [0.29, 0.717) is 0 Å². The minimum absolute atomic E-state index is 0.229. The molecule has 7 heteroatoms. The number of hydrogen-bond donors (Lipinski definition) is 1. The van der Waals surface area contributed by atoms with Crippen LogP contribution in [0.5, 0.6) is 0 Å². The molecule has 0 aliphatic rings. The SMILES string of the molecule is CN(CC(=O)NCC(F)(F)F)C(c1ccccc1)c1ccc(F)cc1. The molecular weight excluding hydrogens is 336 g/mol. The Balaban J connectivity index is 2.17. The smallest absolute Gasteiger partial charge is 0.346 e. The van der Waals surface area contributed by atoms with Gasteiger partial charge in [0, 0.05) is 0 Å². The van der Waals surface area contributed by atoms with Crippen molar-refractivity contribution in [1.29, 1.82) is 0 Å². The monoisotopic (exact) mass is 354 g/mol. The van der Waals surface area contributed by atoms with E-state index >= 15 is 0 Å². The van der Waals surface area contributed by atoms with Gasteiger partial charge in [-0.15, -0.1) is 0 Å². The molecule has 0 aromatic heterocycles. The predicted octanol–water partition coefficient (Wildman–Crippen LogP) is 3.53. The maximum Gasteiger partial charge on any atom is 0.405 e. The predicted molar refractivity (Wildman–Crippen MR) is 86.4 cm³/mol. The second-order valence-electron chi connectivity index (χ2n) is 5.67. The number of nitrogens with zero attached hydrogens (tertiary/aromatic N) is 1. The highest BCUT2D eigenvalue weighted by molar-refractivity contribution is 5.78. The topological polar surface area (TPSA) is 32.3 Å². The van der Waals surface area contributed by atoms with Crippen LogP contribution in [-0.4, -0.2) is 37.1 Å². The molecule has 3 nitrogen and oxygen atoms in total. The maximum atomic E-state index is 13.2. The van der Waals surface area contributed by atoms with Crippen molar-refractivity contribution in [3.63, 3.8) is 0 Å². The van der Waals surface area contributed by atoms with Crippen molar-refractivity contribution in [3.8, 4) is 0 Å². The quantitative estimate of drug-likeness (QED) is 0.805. The van der Waals surface area contributed by atoms with Crippen molar-refractivity contribution in [2.75, 3.05) is 20.1 Å². The summed E-state index contributed by atoms with van der Waals surface area (Å²) in [5.41, 5.74) is 1.58. The fourth-order valence-electron chi connectivity index (χ4n) is 2.55. The Bertz CT molecular complexity index is 686. The van der Waals surface area contributed by atoms with Gasteiger partial charge in [-0.3, -0.25) is 9.69 Å². The summed E-state index contributed by atoms with van der Waals surface area (Å²) in [6.45, 7) is -1.60. The highest BCUT2D eigenvalue weighted by atomic mass is 19.4. The maximum absolute atomic E-state index is 13.2. The van der Waals surface area contributed by atoms with Gasteiger partial charge in [-0.2, -0.15) is 13.2 Å². The van der Waals surface area contributed by atoms with Crippen LogP contribution < -0.4 is 5.32 Å². The molecule has 134 valence electrons. The second kappa shape index (κ2) is 8.11. The van der Waals surface area contributed by atoms with Gasteiger partial charge in [-0.25, -0.2) is 4.39 Å². The Labute approximate surface area is 143 Å². The molecule has 2 rings (SSSR count). The third-order valence-electron chi connectivity index (χ3n) is 3.62. The molecule has 0 saturated heterocycles. The third kappa shape index (κ3) is 5.86. The zero-order valence-electron chi connectivity index (χ0n) is 13.6. The molecule has 1 unspecified atom stereocenters. The summed E-state index contributed by atoms with van der Waals surface area (Å²) < 4.78 is 49.8. The molecule has 0 fully saturated rings. The van der Waals surface area contributed by atoms with Gasteiger partial charge in [0.15, 0.2) is 0 Å². The third-order valence-corrected chi connectivity index (χ3v) is 3.62. The van der Waals surface area contributed by atoms with Crippen LogP contribution in [-0.2, 0) is 4.79 Å². The Morgan fingerprint density at radius 1 is 1.04 bits per heavy atom. The van der Waals surface area contributed by atoms with E-state index in [9.17, 15) is 22.4 Å². The summed E-state index contributed by atoms with van der Waals surface area (Å²) in [5, 5.41) is 1.85. The summed E-state index contributed by atoms with van der Waals surface area (Å²) >= 11 is 0. The van der Waals surface area contributed by atoms with Gasteiger partial charge in [0.05, 0.1) is 12.6 Å². The van der Waals surface area contributed by atoms with Crippen LogP contribution in [0.25, 0.3) is 0 Å². The Kier molecular flexibility index (Phi) is 6.14. The lowest BCUT2D eigenvalue weighted by Crippen LogP contribution is -2.41. The lowest BCUT2D eigenvalue weighted by Gasteiger charge is -2.28. The summed E-state index contributed by atoms with van der Waals surface area (Å²) in [4.78, 5) is 13.4. The number of alkyl halides is 3. The van der Waals surface area contributed by atoms with Crippen molar-refractivity contribution in [3.05, 3.63) is 71.5 Å². The summed E-state index contributed by atoms with van der Waals surface area (Å²) in [6, 6.07) is 14.6. The minimum atomic E-state index is -4.45. The fraction of sp³-hybridized carbons (Fsp3) is 0.278. The van der Waals surface area contributed by atoms with E-state index < -0.39 is 24.7 Å². The first-order valence-corrected chi connectivity index (χ1v) is 7.60. The van der Waals surface area contributed by atoms with E-state index in [0.717, 1.165) is 11.1 Å². The van der Waals surface area contributed by atoms with E-state index in [1.807, 2.05) is 35.6 Å². The average molecular weight is 354 g/mol. The number of amides is 1. The Morgan fingerprint density at radius 2 is 1.60 bits per heavy atom. The molecule has 1 amide bonds. The number of benzene rings is 2. The number of nitrogens with one attached hydrogen (secondary N) is 1. The van der Waals surface area contributed by atoms with Gasteiger partial charge in [-0.1, -0.05) is 42.5 Å². The molecule has 2 aromatic rings. The van der Waals surface area contributed by atoms with Crippen molar-refractivity contribution in [2.45, 2.75) is 12.2 Å². The normalized spacial score (nSPS) is 12.9. The minimum Gasteiger partial charge on any atom is -0.346 e. The van der Waals surface area contributed by atoms with E-state index in [-0.39, 0.29) is 12.4 Å². The molecule has 0 bridgehead atoms. The van der Waals surface area contributed by atoms with Gasteiger partial charge in [-0.05, 0) is 30.3 Å². The van der Waals surface area contributed by atoms with Crippen LogP contribution in [0.4, 0.5) is 17.6 Å². The second-order valence-corrected chi connectivity index (χ2v) is 5.67. The van der Waals surface area contributed by atoms with Crippen LogP contribution in [0.3, 0.4) is 0 Å². The van der Waals surface area contributed by atoms with Crippen LogP contribution >= 0.6 is 0 Å². The van der Waals surface area contributed by atoms with Gasteiger partial charge in [0.25, 0.3) is 0 Å². The fourth-order valence-corrected chi connectivity index (χ4v) is 2.55. The van der Waals surface area contributed by atoms with Gasteiger partial charge in [0.2, 0.25) is 5.91 Å². The standard InChI is InChI=1S/C18H18F4N2O/c1-24(11-16(25)23-12-18(20,21)22)17(13-5-3-2-4-6-13)14-7-9-15(19)10-8-14/h2-10,17H,11-12H2,1H3,(H,23,25). The van der Waals surface area contributed by atoms with E-state index in [4.69, 9.17) is 0 Å².